The molecular formula is C27H35N3O6. The van der Waals surface area contributed by atoms with E-state index < -0.39 is 6.04 Å². The van der Waals surface area contributed by atoms with Gasteiger partial charge in [0.15, 0.2) is 11.5 Å². The number of carbonyl (C=O) groups excluding carboxylic acids is 3. The lowest BCUT2D eigenvalue weighted by molar-refractivity contribution is -0.128. The molecule has 0 radical (unpaired) electrons. The second kappa shape index (κ2) is 12.3. The highest BCUT2D eigenvalue weighted by atomic mass is 16.5. The van der Waals surface area contributed by atoms with Crippen LogP contribution < -0.4 is 24.8 Å². The summed E-state index contributed by atoms with van der Waals surface area (Å²) in [6.45, 7) is 4.38. The fourth-order valence-corrected chi connectivity index (χ4v) is 4.45. The molecule has 0 unspecified atom stereocenters. The van der Waals surface area contributed by atoms with Crippen LogP contribution in [-0.4, -0.2) is 69.1 Å². The Morgan fingerprint density at radius 3 is 2.17 bits per heavy atom. The smallest absolute Gasteiger partial charge is 0.254 e. The van der Waals surface area contributed by atoms with Crippen molar-refractivity contribution in [1.29, 1.82) is 0 Å². The summed E-state index contributed by atoms with van der Waals surface area (Å²) in [6.07, 6.45) is 1.63. The van der Waals surface area contributed by atoms with E-state index in [2.05, 4.69) is 10.6 Å². The van der Waals surface area contributed by atoms with Gasteiger partial charge in [0.05, 0.1) is 21.3 Å². The van der Waals surface area contributed by atoms with Gasteiger partial charge in [0.2, 0.25) is 17.6 Å². The highest BCUT2D eigenvalue weighted by Gasteiger charge is 2.28. The number of amides is 3. The van der Waals surface area contributed by atoms with E-state index in [0.29, 0.717) is 55.2 Å². The first kappa shape index (κ1) is 26.8. The first-order valence-corrected chi connectivity index (χ1v) is 12.0. The topological polar surface area (TPSA) is 106 Å². The van der Waals surface area contributed by atoms with Crippen molar-refractivity contribution in [2.45, 2.75) is 45.2 Å². The third-order valence-electron chi connectivity index (χ3n) is 6.26. The Morgan fingerprint density at radius 2 is 1.64 bits per heavy atom. The Balaban J connectivity index is 1.62. The maximum Gasteiger partial charge on any atom is 0.254 e. The molecule has 2 N–H and O–H groups in total. The molecular weight excluding hydrogens is 462 g/mol. The van der Waals surface area contributed by atoms with E-state index in [4.69, 9.17) is 14.2 Å². The minimum absolute atomic E-state index is 0.0877. The monoisotopic (exact) mass is 497 g/mol. The minimum atomic E-state index is -0.664. The average molecular weight is 498 g/mol. The van der Waals surface area contributed by atoms with Crippen molar-refractivity contribution in [3.05, 3.63) is 53.1 Å². The zero-order chi connectivity index (χ0) is 26.2. The highest BCUT2D eigenvalue weighted by Crippen LogP contribution is 2.38. The second-order valence-electron chi connectivity index (χ2n) is 8.94. The normalized spacial score (nSPS) is 14.5. The average Bonchev–Trinajstić information content (AvgIpc) is 2.87. The Labute approximate surface area is 212 Å². The van der Waals surface area contributed by atoms with Crippen LogP contribution in [0.5, 0.6) is 17.2 Å². The standard InChI is InChI=1S/C27H35N3O6/c1-17-7-6-8-19(13-17)14-22(28-18(2)31)26(32)29-21-9-11-30(12-10-21)27(33)20-15-23(34-3)25(36-5)24(16-20)35-4/h6-8,13,15-16,21-22H,9-12,14H2,1-5H3,(H,28,31)(H,29,32)/t22-/m1/s1. The van der Waals surface area contributed by atoms with Gasteiger partial charge in [-0.2, -0.15) is 0 Å². The van der Waals surface area contributed by atoms with Crippen LogP contribution in [0.4, 0.5) is 0 Å². The molecule has 1 saturated heterocycles. The molecule has 1 heterocycles. The van der Waals surface area contributed by atoms with Crippen LogP contribution in [0.2, 0.25) is 0 Å². The predicted molar refractivity (Wildman–Crippen MR) is 136 cm³/mol. The van der Waals surface area contributed by atoms with Gasteiger partial charge < -0.3 is 29.7 Å². The number of carbonyl (C=O) groups is 3. The van der Waals surface area contributed by atoms with Gasteiger partial charge in [0, 0.05) is 38.0 Å². The van der Waals surface area contributed by atoms with E-state index in [-0.39, 0.29) is 23.8 Å². The van der Waals surface area contributed by atoms with Crippen molar-refractivity contribution in [2.24, 2.45) is 0 Å². The number of hydrogen-bond donors (Lipinski definition) is 2. The van der Waals surface area contributed by atoms with Gasteiger partial charge in [-0.1, -0.05) is 29.8 Å². The number of nitrogens with zero attached hydrogens (tertiary/aromatic N) is 1. The molecule has 194 valence electrons. The molecule has 3 rings (SSSR count). The number of methoxy groups -OCH3 is 3. The van der Waals surface area contributed by atoms with Gasteiger partial charge in [-0.3, -0.25) is 14.4 Å². The zero-order valence-electron chi connectivity index (χ0n) is 21.6. The summed E-state index contributed by atoms with van der Waals surface area (Å²) in [6, 6.07) is 10.4. The molecule has 2 aromatic carbocycles. The Kier molecular flexibility index (Phi) is 9.16. The van der Waals surface area contributed by atoms with Gasteiger partial charge >= 0.3 is 0 Å². The quantitative estimate of drug-likeness (QED) is 0.552. The van der Waals surface area contributed by atoms with Crippen LogP contribution in [-0.2, 0) is 16.0 Å². The Bertz CT molecular complexity index is 1070. The number of likely N-dealkylation sites (tertiary alicyclic amines) is 1. The number of nitrogens with one attached hydrogen (secondary N) is 2. The summed E-state index contributed by atoms with van der Waals surface area (Å²) in [7, 11) is 4.53. The molecule has 1 atom stereocenters. The van der Waals surface area contributed by atoms with Gasteiger partial charge in [-0.05, 0) is 37.5 Å². The van der Waals surface area contributed by atoms with Crippen LogP contribution >= 0.6 is 0 Å². The molecule has 1 aliphatic heterocycles. The van der Waals surface area contributed by atoms with Crippen molar-refractivity contribution >= 4 is 17.7 Å². The lowest BCUT2D eigenvalue weighted by atomic mass is 10.0. The van der Waals surface area contributed by atoms with Crippen molar-refractivity contribution in [3.63, 3.8) is 0 Å². The van der Waals surface area contributed by atoms with E-state index in [0.717, 1.165) is 11.1 Å². The lowest BCUT2D eigenvalue weighted by Gasteiger charge is -2.33. The molecule has 2 aromatic rings. The van der Waals surface area contributed by atoms with Crippen molar-refractivity contribution in [2.75, 3.05) is 34.4 Å². The number of ether oxygens (including phenoxy) is 3. The highest BCUT2D eigenvalue weighted by molar-refractivity contribution is 5.95. The molecule has 0 saturated carbocycles. The third kappa shape index (κ3) is 6.68. The largest absolute Gasteiger partial charge is 0.493 e. The van der Waals surface area contributed by atoms with Gasteiger partial charge in [-0.15, -0.1) is 0 Å². The van der Waals surface area contributed by atoms with Crippen LogP contribution in [0.1, 0.15) is 41.3 Å². The van der Waals surface area contributed by atoms with Gasteiger partial charge in [0.25, 0.3) is 5.91 Å². The number of rotatable bonds is 9. The first-order valence-electron chi connectivity index (χ1n) is 12.0. The fourth-order valence-electron chi connectivity index (χ4n) is 4.45. The first-order chi connectivity index (χ1) is 17.2. The minimum Gasteiger partial charge on any atom is -0.493 e. The molecule has 36 heavy (non-hydrogen) atoms. The van der Waals surface area contributed by atoms with Crippen molar-refractivity contribution < 1.29 is 28.6 Å². The maximum atomic E-state index is 13.2. The van der Waals surface area contributed by atoms with Gasteiger partial charge in [-0.25, -0.2) is 0 Å². The van der Waals surface area contributed by atoms with E-state index in [1.807, 2.05) is 31.2 Å². The molecule has 0 aromatic heterocycles. The lowest BCUT2D eigenvalue weighted by Crippen LogP contribution is -2.53. The van der Waals surface area contributed by atoms with E-state index in [9.17, 15) is 14.4 Å². The van der Waals surface area contributed by atoms with Crippen molar-refractivity contribution in [3.8, 4) is 17.2 Å². The summed E-state index contributed by atoms with van der Waals surface area (Å²) in [5, 5.41) is 5.83. The summed E-state index contributed by atoms with van der Waals surface area (Å²) in [4.78, 5) is 39.7. The summed E-state index contributed by atoms with van der Waals surface area (Å²) in [5.74, 6) is 0.640. The molecule has 0 aliphatic carbocycles. The molecule has 9 heteroatoms. The summed E-state index contributed by atoms with van der Waals surface area (Å²) in [5.41, 5.74) is 2.52. The van der Waals surface area contributed by atoms with E-state index in [1.54, 1.807) is 17.0 Å². The molecule has 3 amide bonds. The van der Waals surface area contributed by atoms with Gasteiger partial charge in [0.1, 0.15) is 6.04 Å². The molecule has 1 fully saturated rings. The molecule has 0 bridgehead atoms. The zero-order valence-corrected chi connectivity index (χ0v) is 21.6. The number of piperidine rings is 1. The molecule has 0 spiro atoms. The van der Waals surface area contributed by atoms with Crippen LogP contribution in [0.15, 0.2) is 36.4 Å². The number of hydrogen-bond acceptors (Lipinski definition) is 6. The molecule has 9 nitrogen and oxygen atoms in total. The van der Waals surface area contributed by atoms with Crippen molar-refractivity contribution in [1.82, 2.24) is 15.5 Å². The number of benzene rings is 2. The third-order valence-corrected chi connectivity index (χ3v) is 6.26. The Morgan fingerprint density at radius 1 is 1.00 bits per heavy atom. The van der Waals surface area contributed by atoms with Crippen LogP contribution in [0.25, 0.3) is 0 Å². The van der Waals surface area contributed by atoms with Crippen LogP contribution in [0, 0.1) is 6.92 Å². The fraction of sp³-hybridized carbons (Fsp3) is 0.444. The number of aryl methyl sites for hydroxylation is 1. The van der Waals surface area contributed by atoms with E-state index >= 15 is 0 Å². The summed E-state index contributed by atoms with van der Waals surface area (Å²) < 4.78 is 16.1. The maximum absolute atomic E-state index is 13.2. The van der Waals surface area contributed by atoms with E-state index in [1.165, 1.54) is 28.3 Å². The predicted octanol–water partition coefficient (Wildman–Crippen LogP) is 2.49. The Hall–Kier alpha value is -3.75. The second-order valence-corrected chi connectivity index (χ2v) is 8.94. The van der Waals surface area contributed by atoms with Crippen LogP contribution in [0.3, 0.4) is 0 Å². The SMILES string of the molecule is COc1cc(C(=O)N2CCC(NC(=O)[C@@H](Cc3cccc(C)c3)NC(C)=O)CC2)cc(OC)c1OC. The molecule has 1 aliphatic rings. The summed E-state index contributed by atoms with van der Waals surface area (Å²) >= 11 is 0.